The molecule has 0 aliphatic carbocycles. The van der Waals surface area contributed by atoms with E-state index in [0.717, 1.165) is 82.0 Å². The maximum atomic E-state index is 9.02. The van der Waals surface area contributed by atoms with Gasteiger partial charge in [0.15, 0.2) is 49.9 Å². The Kier molecular flexibility index (Phi) is 30.8. The SMILES string of the molecule is CCCCN.C[Si](C)(CCCN)OCC[Si](C)(C)O[Si](C)(C)O[Si](C)(C)CCO[Si](C)(C)CCCN.C[Si](C)(CCO)O[Si](C)(C)O[Si](C)(C)CCO. The van der Waals surface area contributed by atoms with E-state index in [1.165, 1.54) is 12.8 Å². The lowest BCUT2D eigenvalue weighted by Crippen LogP contribution is -2.53. The van der Waals surface area contributed by atoms with Crippen LogP contribution in [-0.4, -0.2) is 123 Å². The molecule has 324 valence electrons. The standard InChI is InChI=1S/C20H54N2O4Si5.C10H28O4Si3.C4H11N/c1-27(2,17-11-13-21)23-15-19-29(5,6)25-31(9,10)26-30(7,8)20-16-24-28(3,4)18-12-14-22;1-15(2,9-7-11)13-17(5,6)14-16(3,4)10-8-12;1-2-3-4-5/h11-22H2,1-10H3;11-12H,7-10H2,1-6H3;2-5H2,1H3. The van der Waals surface area contributed by atoms with Gasteiger partial charge in [-0.25, -0.2) is 0 Å². The predicted octanol–water partition coefficient (Wildman–Crippen LogP) is 8.13. The molecule has 0 rings (SSSR count). The largest absolute Gasteiger partial charge is 0.436 e. The number of hydrogen-bond acceptors (Lipinski definition) is 11. The molecule has 0 fully saturated rings. The molecule has 0 amide bonds. The van der Waals surface area contributed by atoms with Gasteiger partial charge in [-0.1, -0.05) is 13.3 Å². The van der Waals surface area contributed by atoms with E-state index in [9.17, 15) is 0 Å². The zero-order valence-electron chi connectivity index (χ0n) is 38.1. The Bertz CT molecular complexity index is 853. The van der Waals surface area contributed by atoms with Crippen LogP contribution < -0.4 is 17.2 Å². The van der Waals surface area contributed by atoms with Crippen LogP contribution in [0.3, 0.4) is 0 Å². The highest BCUT2D eigenvalue weighted by molar-refractivity contribution is 6.88. The summed E-state index contributed by atoms with van der Waals surface area (Å²) in [6.07, 6.45) is 4.50. The van der Waals surface area contributed by atoms with Crippen molar-refractivity contribution in [3.8, 4) is 0 Å². The van der Waals surface area contributed by atoms with Crippen LogP contribution in [0.4, 0.5) is 0 Å². The molecule has 0 atom stereocenters. The molecule has 0 heterocycles. The number of nitrogens with two attached hydrogens (primary N) is 3. The Balaban J connectivity index is -0.000000946. The topological polar surface area (TPSA) is 174 Å². The maximum Gasteiger partial charge on any atom is 0.311 e. The van der Waals surface area contributed by atoms with E-state index < -0.39 is 67.0 Å². The summed E-state index contributed by atoms with van der Waals surface area (Å²) in [4.78, 5) is 0. The first-order valence-corrected chi connectivity index (χ1v) is 44.6. The highest BCUT2D eigenvalue weighted by Gasteiger charge is 2.41. The second-order valence-electron chi connectivity index (χ2n) is 18.8. The van der Waals surface area contributed by atoms with Crippen LogP contribution >= 0.6 is 0 Å². The van der Waals surface area contributed by atoms with Crippen molar-refractivity contribution in [3.05, 3.63) is 0 Å². The average molecular weight is 897 g/mol. The summed E-state index contributed by atoms with van der Waals surface area (Å²) in [6, 6.07) is 5.77. The van der Waals surface area contributed by atoms with Gasteiger partial charge in [0.25, 0.3) is 0 Å². The summed E-state index contributed by atoms with van der Waals surface area (Å²) in [5, 5.41) is 18.0. The quantitative estimate of drug-likeness (QED) is 0.0480. The molecular weight excluding hydrogens is 803 g/mol. The third-order valence-electron chi connectivity index (χ3n) is 8.43. The van der Waals surface area contributed by atoms with Crippen molar-refractivity contribution in [1.82, 2.24) is 0 Å². The van der Waals surface area contributed by atoms with Gasteiger partial charge in [-0.05, 0) is 180 Å². The minimum absolute atomic E-state index is 0.182. The Morgan fingerprint density at radius 3 is 0.849 bits per heavy atom. The van der Waals surface area contributed by atoms with Crippen molar-refractivity contribution in [1.29, 1.82) is 0 Å². The first kappa shape index (κ1) is 58.6. The monoisotopic (exact) mass is 896 g/mol. The van der Waals surface area contributed by atoms with Crippen LogP contribution in [0.25, 0.3) is 0 Å². The molecule has 11 nitrogen and oxygen atoms in total. The second-order valence-corrected chi connectivity index (χ2v) is 52.4. The molecule has 0 aromatic rings. The van der Waals surface area contributed by atoms with Gasteiger partial charge in [0.2, 0.25) is 0 Å². The summed E-state index contributed by atoms with van der Waals surface area (Å²) < 4.78 is 38.4. The molecule has 0 bridgehead atoms. The minimum atomic E-state index is -2.21. The predicted molar refractivity (Wildman–Crippen MR) is 250 cm³/mol. The van der Waals surface area contributed by atoms with Crippen molar-refractivity contribution in [3.63, 3.8) is 0 Å². The number of rotatable bonds is 28. The zero-order chi connectivity index (χ0) is 42.3. The van der Waals surface area contributed by atoms with E-state index in [-0.39, 0.29) is 13.2 Å². The average Bonchev–Trinajstić information content (AvgIpc) is 2.93. The van der Waals surface area contributed by atoms with E-state index in [1.54, 1.807) is 0 Å². The fourth-order valence-corrected chi connectivity index (χ4v) is 36.4. The van der Waals surface area contributed by atoms with Crippen LogP contribution in [0.5, 0.6) is 0 Å². The minimum Gasteiger partial charge on any atom is -0.436 e. The maximum absolute atomic E-state index is 9.02. The van der Waals surface area contributed by atoms with Crippen LogP contribution in [-0.2, 0) is 25.3 Å². The lowest BCUT2D eigenvalue weighted by molar-refractivity contribution is 0.301. The van der Waals surface area contributed by atoms with E-state index in [1.807, 2.05) is 0 Å². The molecule has 0 aromatic heterocycles. The molecule has 0 aliphatic rings. The first-order valence-electron chi connectivity index (χ1n) is 20.3. The lowest BCUT2D eigenvalue weighted by atomic mass is 10.3. The summed E-state index contributed by atoms with van der Waals surface area (Å²) >= 11 is 0. The molecule has 0 spiro atoms. The first-order chi connectivity index (χ1) is 23.9. The fraction of sp³-hybridized carbons (Fsp3) is 1.00. The normalized spacial score (nSPS) is 13.7. The van der Waals surface area contributed by atoms with Crippen molar-refractivity contribution >= 4 is 67.0 Å². The van der Waals surface area contributed by atoms with E-state index >= 15 is 0 Å². The van der Waals surface area contributed by atoms with Crippen LogP contribution in [0.1, 0.15) is 32.6 Å². The van der Waals surface area contributed by atoms with Crippen molar-refractivity contribution in [2.45, 2.75) is 174 Å². The van der Waals surface area contributed by atoms with Crippen molar-refractivity contribution in [2.75, 3.05) is 46.1 Å². The summed E-state index contributed by atoms with van der Waals surface area (Å²) in [6.45, 7) is 41.8. The molecule has 8 N–H and O–H groups in total. The van der Waals surface area contributed by atoms with E-state index in [2.05, 4.69) is 112 Å². The van der Waals surface area contributed by atoms with E-state index in [4.69, 9.17) is 52.7 Å². The summed E-state index contributed by atoms with van der Waals surface area (Å²) in [5.74, 6) is 0. The van der Waals surface area contributed by atoms with Gasteiger partial charge in [-0.2, -0.15) is 0 Å². The van der Waals surface area contributed by atoms with Gasteiger partial charge < -0.3 is 52.7 Å². The summed E-state index contributed by atoms with van der Waals surface area (Å²) in [5.41, 5.74) is 16.5. The second kappa shape index (κ2) is 27.9. The lowest BCUT2D eigenvalue weighted by Gasteiger charge is -2.39. The van der Waals surface area contributed by atoms with Gasteiger partial charge in [0.05, 0.1) is 0 Å². The van der Waals surface area contributed by atoms with Crippen LogP contribution in [0.15, 0.2) is 0 Å². The molecule has 0 unspecified atom stereocenters. The molecule has 0 saturated carbocycles. The highest BCUT2D eigenvalue weighted by atomic mass is 28.5. The van der Waals surface area contributed by atoms with Crippen LogP contribution in [0.2, 0.25) is 141 Å². The smallest absolute Gasteiger partial charge is 0.311 e. The number of unbranched alkanes of at least 4 members (excludes halogenated alkanes) is 1. The van der Waals surface area contributed by atoms with Gasteiger partial charge >= 0.3 is 17.1 Å². The summed E-state index contributed by atoms with van der Waals surface area (Å²) in [7, 11) is -14.9. The third kappa shape index (κ3) is 37.3. The molecular formula is C34H93N3O8Si8. The molecule has 0 saturated heterocycles. The molecule has 0 aromatic carbocycles. The zero-order valence-corrected chi connectivity index (χ0v) is 46.1. The number of hydrogen-bond donors (Lipinski definition) is 5. The van der Waals surface area contributed by atoms with Gasteiger partial charge in [-0.15, -0.1) is 0 Å². The number of aliphatic hydroxyl groups excluding tert-OH is 2. The molecule has 0 radical (unpaired) electrons. The Morgan fingerprint density at radius 1 is 0.377 bits per heavy atom. The van der Waals surface area contributed by atoms with Crippen molar-refractivity contribution in [2.24, 2.45) is 17.2 Å². The Morgan fingerprint density at radius 2 is 0.642 bits per heavy atom. The fourth-order valence-electron chi connectivity index (χ4n) is 6.00. The van der Waals surface area contributed by atoms with Crippen molar-refractivity contribution < 1.29 is 35.5 Å². The Labute approximate surface area is 337 Å². The third-order valence-corrected chi connectivity index (χ3v) is 35.9. The van der Waals surface area contributed by atoms with Gasteiger partial charge in [0, 0.05) is 26.4 Å². The molecule has 19 heteroatoms. The highest BCUT2D eigenvalue weighted by Crippen LogP contribution is 2.27. The molecule has 53 heavy (non-hydrogen) atoms. The van der Waals surface area contributed by atoms with Gasteiger partial charge in [-0.3, -0.25) is 0 Å². The van der Waals surface area contributed by atoms with Gasteiger partial charge in [0.1, 0.15) is 0 Å². The Hall–Kier alpha value is 1.30. The van der Waals surface area contributed by atoms with E-state index in [0.29, 0.717) is 0 Å². The van der Waals surface area contributed by atoms with Crippen LogP contribution in [0, 0.1) is 0 Å². The number of aliphatic hydroxyl groups is 2. The molecule has 0 aliphatic heterocycles.